The molecule has 1 fully saturated rings. The fourth-order valence-corrected chi connectivity index (χ4v) is 5.81. The Hall–Kier alpha value is -1.32. The van der Waals surface area contributed by atoms with Gasteiger partial charge in [0.15, 0.2) is 12.4 Å². The minimum absolute atomic E-state index is 0.176. The van der Waals surface area contributed by atoms with E-state index in [0.29, 0.717) is 4.57 Å². The predicted octanol–water partition coefficient (Wildman–Crippen LogP) is -0.289. The Balaban J connectivity index is 2.25. The van der Waals surface area contributed by atoms with Crippen molar-refractivity contribution in [2.75, 3.05) is 12.3 Å². The highest BCUT2D eigenvalue weighted by atomic mass is 31.3. The maximum absolute atomic E-state index is 14.8. The molecule has 1 aliphatic rings. The van der Waals surface area contributed by atoms with E-state index in [0.717, 1.165) is 18.3 Å². The lowest BCUT2D eigenvalue weighted by molar-refractivity contribution is -0.124. The van der Waals surface area contributed by atoms with Gasteiger partial charge in [0.05, 0.1) is 6.61 Å². The van der Waals surface area contributed by atoms with Crippen molar-refractivity contribution < 1.29 is 60.6 Å². The van der Waals surface area contributed by atoms with E-state index >= 15 is 0 Å². The third kappa shape index (κ3) is 6.60. The molecule has 7 N–H and O–H groups in total. The number of anilines is 1. The zero-order valence-electron chi connectivity index (χ0n) is 15.8. The third-order valence-electron chi connectivity index (χ3n) is 3.97. The average Bonchev–Trinajstić information content (AvgIpc) is 2.83. The summed E-state index contributed by atoms with van der Waals surface area (Å²) in [6.45, 7) is 2.21. The van der Waals surface area contributed by atoms with Crippen LogP contribution in [0.15, 0.2) is 29.7 Å². The molecular weight excluding hydrogens is 506 g/mol. The van der Waals surface area contributed by atoms with E-state index in [-0.39, 0.29) is 5.82 Å². The summed E-state index contributed by atoms with van der Waals surface area (Å²) >= 11 is 0. The van der Waals surface area contributed by atoms with Crippen LogP contribution in [-0.4, -0.2) is 58.7 Å². The van der Waals surface area contributed by atoms with Crippen LogP contribution in [0.2, 0.25) is 0 Å². The highest BCUT2D eigenvalue weighted by molar-refractivity contribution is 7.66. The van der Waals surface area contributed by atoms with E-state index < -0.39 is 66.3 Å². The van der Waals surface area contributed by atoms with Gasteiger partial charge in [-0.15, -0.1) is 6.58 Å². The summed E-state index contributed by atoms with van der Waals surface area (Å²) in [4.78, 5) is 51.2. The van der Waals surface area contributed by atoms with Gasteiger partial charge in [-0.2, -0.15) is 13.6 Å². The number of aliphatic hydroxyl groups excluding tert-OH is 1. The van der Waals surface area contributed by atoms with Gasteiger partial charge in [-0.1, -0.05) is 6.08 Å². The van der Waals surface area contributed by atoms with Crippen LogP contribution in [0, 0.1) is 0 Å². The van der Waals surface area contributed by atoms with Crippen LogP contribution < -0.4 is 11.4 Å². The molecule has 6 atom stereocenters. The summed E-state index contributed by atoms with van der Waals surface area (Å²) < 4.78 is 66.5. The SMILES string of the molecule is C=CC[C@]1(COP(=O)(O)OP(=O)(O)OP(=O)(O)O)O[C@@H](n2ccc(N)nc2=O)[C@H](F)[C@@H]1O. The molecule has 0 amide bonds. The molecule has 2 rings (SSSR count). The molecule has 0 saturated carbocycles. The zero-order valence-corrected chi connectivity index (χ0v) is 18.5. The number of aromatic nitrogens is 2. The van der Waals surface area contributed by atoms with Crippen molar-refractivity contribution in [1.29, 1.82) is 0 Å². The minimum Gasteiger partial charge on any atom is -0.387 e. The number of hydrogen-bond acceptors (Lipinski definition) is 11. The van der Waals surface area contributed by atoms with Crippen molar-refractivity contribution in [2.24, 2.45) is 0 Å². The standard InChI is InChI=1S/C12H19FN3O13P3/c1-2-4-12(6-26-31(22,23)29-32(24,25)28-30(19,20)21)9(17)8(13)10(27-12)16-5-3-7(14)15-11(16)18/h2-3,5,8-10,17H,1,4,6H2,(H,22,23)(H,24,25)(H2,14,15,18)(H2,19,20,21)/t8-,9+,10-,12-/m1/s1. The van der Waals surface area contributed by atoms with Gasteiger partial charge in [0.1, 0.15) is 17.5 Å². The van der Waals surface area contributed by atoms with Crippen LogP contribution in [-0.2, 0) is 31.6 Å². The summed E-state index contributed by atoms with van der Waals surface area (Å²) in [5.41, 5.74) is 2.17. The molecule has 0 bridgehead atoms. The van der Waals surface area contributed by atoms with Gasteiger partial charge in [0, 0.05) is 6.20 Å². The van der Waals surface area contributed by atoms with Crippen LogP contribution in [0.4, 0.5) is 10.2 Å². The van der Waals surface area contributed by atoms with E-state index in [1.165, 1.54) is 0 Å². The van der Waals surface area contributed by atoms with Gasteiger partial charge in [0.25, 0.3) is 0 Å². The number of halogens is 1. The number of phosphoric ester groups is 1. The molecule has 1 aromatic heterocycles. The first-order valence-electron chi connectivity index (χ1n) is 8.25. The van der Waals surface area contributed by atoms with Crippen molar-refractivity contribution in [2.45, 2.75) is 30.5 Å². The topological polar surface area (TPSA) is 250 Å². The molecule has 20 heteroatoms. The van der Waals surface area contributed by atoms with Gasteiger partial charge >= 0.3 is 29.2 Å². The molecule has 1 aromatic rings. The fourth-order valence-electron chi connectivity index (χ4n) is 2.74. The van der Waals surface area contributed by atoms with Gasteiger partial charge in [-0.3, -0.25) is 9.09 Å². The highest BCUT2D eigenvalue weighted by Gasteiger charge is 2.57. The average molecular weight is 525 g/mol. The number of rotatable bonds is 10. The molecule has 1 saturated heterocycles. The maximum atomic E-state index is 14.8. The molecule has 32 heavy (non-hydrogen) atoms. The second-order valence-corrected chi connectivity index (χ2v) is 10.8. The molecular formula is C12H19FN3O13P3. The number of aliphatic hydroxyl groups is 1. The Morgan fingerprint density at radius 3 is 2.44 bits per heavy atom. The van der Waals surface area contributed by atoms with Crippen molar-refractivity contribution in [3.8, 4) is 0 Å². The van der Waals surface area contributed by atoms with E-state index in [4.69, 9.17) is 20.3 Å². The molecule has 0 radical (unpaired) electrons. The number of nitrogens with two attached hydrogens (primary N) is 1. The molecule has 2 heterocycles. The van der Waals surface area contributed by atoms with Crippen LogP contribution in [0.3, 0.4) is 0 Å². The Bertz CT molecular complexity index is 1060. The van der Waals surface area contributed by atoms with Crippen molar-refractivity contribution in [3.05, 3.63) is 35.4 Å². The lowest BCUT2D eigenvalue weighted by Crippen LogP contribution is -2.45. The number of hydrogen-bond donors (Lipinski definition) is 6. The Morgan fingerprint density at radius 2 is 1.91 bits per heavy atom. The van der Waals surface area contributed by atoms with Crippen molar-refractivity contribution in [1.82, 2.24) is 9.55 Å². The van der Waals surface area contributed by atoms with E-state index in [1.54, 1.807) is 0 Å². The van der Waals surface area contributed by atoms with Crippen LogP contribution in [0.25, 0.3) is 0 Å². The Kier molecular flexibility index (Phi) is 8.00. The van der Waals surface area contributed by atoms with Crippen LogP contribution in [0.5, 0.6) is 0 Å². The molecule has 0 aliphatic carbocycles. The second-order valence-electron chi connectivity index (χ2n) is 6.36. The largest absolute Gasteiger partial charge is 0.490 e. The molecule has 1 aliphatic heterocycles. The van der Waals surface area contributed by atoms with E-state index in [1.807, 2.05) is 0 Å². The second kappa shape index (κ2) is 9.50. The number of nitrogens with zero attached hydrogens (tertiary/aromatic N) is 2. The number of ether oxygens (including phenoxy) is 1. The van der Waals surface area contributed by atoms with Gasteiger partial charge in [-0.25, -0.2) is 22.9 Å². The summed E-state index contributed by atoms with van der Waals surface area (Å²) in [7, 11) is -17.0. The predicted molar refractivity (Wildman–Crippen MR) is 101 cm³/mol. The van der Waals surface area contributed by atoms with E-state index in [2.05, 4.69) is 24.7 Å². The molecule has 182 valence electrons. The first kappa shape index (κ1) is 26.9. The molecule has 16 nitrogen and oxygen atoms in total. The van der Waals surface area contributed by atoms with Gasteiger partial charge in [0.2, 0.25) is 0 Å². The highest BCUT2D eigenvalue weighted by Crippen LogP contribution is 2.66. The third-order valence-corrected chi connectivity index (χ3v) is 7.75. The summed E-state index contributed by atoms with van der Waals surface area (Å²) in [6.07, 6.45) is -4.43. The number of nitrogen functional groups attached to an aromatic ring is 1. The summed E-state index contributed by atoms with van der Waals surface area (Å²) in [5.74, 6) is -0.176. The number of alkyl halides is 1. The first-order chi connectivity index (χ1) is 14.5. The Labute approximate surface area is 178 Å². The Morgan fingerprint density at radius 1 is 1.28 bits per heavy atom. The lowest BCUT2D eigenvalue weighted by atomic mass is 9.93. The van der Waals surface area contributed by atoms with Gasteiger partial charge in [-0.05, 0) is 12.5 Å². The van der Waals surface area contributed by atoms with Crippen molar-refractivity contribution in [3.63, 3.8) is 0 Å². The fraction of sp³-hybridized carbons (Fsp3) is 0.500. The van der Waals surface area contributed by atoms with Crippen molar-refractivity contribution >= 4 is 29.3 Å². The number of phosphoric acid groups is 3. The summed E-state index contributed by atoms with van der Waals surface area (Å²) in [5, 5.41) is 10.4. The quantitative estimate of drug-likeness (QED) is 0.170. The molecule has 0 aromatic carbocycles. The summed E-state index contributed by atoms with van der Waals surface area (Å²) in [6, 6.07) is 1.14. The lowest BCUT2D eigenvalue weighted by Gasteiger charge is -2.31. The zero-order chi connectivity index (χ0) is 24.5. The smallest absolute Gasteiger partial charge is 0.387 e. The van der Waals surface area contributed by atoms with Crippen LogP contribution in [0.1, 0.15) is 12.6 Å². The maximum Gasteiger partial charge on any atom is 0.490 e. The minimum atomic E-state index is -5.80. The van der Waals surface area contributed by atoms with Crippen LogP contribution >= 0.6 is 23.5 Å². The first-order valence-corrected chi connectivity index (χ1v) is 12.8. The van der Waals surface area contributed by atoms with Gasteiger partial charge < -0.3 is 35.2 Å². The molecule has 0 spiro atoms. The molecule has 2 unspecified atom stereocenters. The van der Waals surface area contributed by atoms with E-state index in [9.17, 15) is 37.8 Å². The normalized spacial score (nSPS) is 29.9. The monoisotopic (exact) mass is 525 g/mol.